The lowest BCUT2D eigenvalue weighted by molar-refractivity contribution is -0.904. The number of nitrogens with zero attached hydrogens (tertiary/aromatic N) is 1. The van der Waals surface area contributed by atoms with Crippen molar-refractivity contribution in [1.82, 2.24) is 0 Å². The molecule has 0 fully saturated rings. The molecule has 13 heavy (non-hydrogen) atoms. The number of likely N-dealkylation sites (N-methyl/N-ethyl adjacent to an activating group) is 1. The van der Waals surface area contributed by atoms with Crippen LogP contribution in [0.15, 0.2) is 12.7 Å². The summed E-state index contributed by atoms with van der Waals surface area (Å²) >= 11 is 0. The van der Waals surface area contributed by atoms with Gasteiger partial charge in [-0.25, -0.2) is 0 Å². The van der Waals surface area contributed by atoms with E-state index in [0.717, 1.165) is 30.5 Å². The van der Waals surface area contributed by atoms with Crippen LogP contribution in [0.3, 0.4) is 0 Å². The first-order valence-electron chi connectivity index (χ1n) is 4.24. The summed E-state index contributed by atoms with van der Waals surface area (Å²) < 4.78 is 0.913. The number of quaternary nitrogens is 1. The van der Waals surface area contributed by atoms with E-state index in [1.807, 2.05) is 6.08 Å². The van der Waals surface area contributed by atoms with Crippen LogP contribution in [0.5, 0.6) is 0 Å². The molecule has 0 bridgehead atoms. The Hall–Kier alpha value is -0.0900. The molecule has 0 aliphatic rings. The molecule has 0 radical (unpaired) electrons. The first kappa shape index (κ1) is 18.6. The third kappa shape index (κ3) is 8.25. The van der Waals surface area contributed by atoms with Gasteiger partial charge in [-0.05, 0) is 12.5 Å². The van der Waals surface area contributed by atoms with Gasteiger partial charge >= 0.3 is 0 Å². The Labute approximate surface area is 87.4 Å². The third-order valence-corrected chi connectivity index (χ3v) is 1.97. The van der Waals surface area contributed by atoms with Crippen LogP contribution in [0, 0.1) is 0 Å². The minimum absolute atomic E-state index is 0. The first-order chi connectivity index (χ1) is 5.18. The number of halogens is 1. The summed E-state index contributed by atoms with van der Waals surface area (Å²) in [4.78, 5) is 0. The summed E-state index contributed by atoms with van der Waals surface area (Å²) in [5.74, 6) is 0. The Morgan fingerprint density at radius 2 is 1.92 bits per heavy atom. The summed E-state index contributed by atoms with van der Waals surface area (Å²) in [5.41, 5.74) is 0. The van der Waals surface area contributed by atoms with Crippen molar-refractivity contribution in [1.29, 1.82) is 0 Å². The van der Waals surface area contributed by atoms with Crippen LogP contribution in [0.2, 0.25) is 0 Å². The smallest absolute Gasteiger partial charge is 0.102 e. The molecule has 0 heterocycles. The fourth-order valence-corrected chi connectivity index (χ4v) is 1.39. The van der Waals surface area contributed by atoms with E-state index >= 15 is 0 Å². The van der Waals surface area contributed by atoms with Crippen LogP contribution < -0.4 is 12.4 Å². The van der Waals surface area contributed by atoms with Gasteiger partial charge in [-0.1, -0.05) is 13.5 Å². The fraction of sp³-hybridized carbons (Fsp3) is 0.778. The van der Waals surface area contributed by atoms with Gasteiger partial charge in [0.2, 0.25) is 0 Å². The van der Waals surface area contributed by atoms with Gasteiger partial charge in [-0.2, -0.15) is 0 Å². The molecule has 0 aliphatic heterocycles. The fourth-order valence-electron chi connectivity index (χ4n) is 1.39. The van der Waals surface area contributed by atoms with Gasteiger partial charge in [0.25, 0.3) is 0 Å². The van der Waals surface area contributed by atoms with E-state index in [2.05, 4.69) is 20.6 Å². The van der Waals surface area contributed by atoms with Gasteiger partial charge in [0.1, 0.15) is 6.54 Å². The lowest BCUT2D eigenvalue weighted by Crippen LogP contribution is -3.00. The predicted octanol–water partition coefficient (Wildman–Crippen LogP) is -2.80. The van der Waals surface area contributed by atoms with Crippen LogP contribution in [-0.2, 0) is 0 Å². The molecule has 1 unspecified atom stereocenters. The Morgan fingerprint density at radius 3 is 2.23 bits per heavy atom. The maximum Gasteiger partial charge on any atom is 0.102 e. The Balaban J connectivity index is -0.000000500. The average Bonchev–Trinajstić information content (AvgIpc) is 1.88. The average molecular weight is 212 g/mol. The standard InChI is InChI=1S/C9H20NO.ClH.H2O/c1-4-6-10(3,7-5-2)8-9-11;;/h4,11H,1,5-9H2,2-3H3;1H;1H2/q+1;;/p-1. The molecule has 82 valence electrons. The van der Waals surface area contributed by atoms with Gasteiger partial charge in [-0.3, -0.25) is 0 Å². The zero-order valence-electron chi connectivity index (χ0n) is 8.59. The SMILES string of the molecule is C=CC[N+](C)(CCC)CCO.O.[Cl-]. The van der Waals surface area contributed by atoms with Gasteiger partial charge in [0.05, 0.1) is 26.7 Å². The number of rotatable bonds is 6. The van der Waals surface area contributed by atoms with E-state index in [1.165, 1.54) is 0 Å². The predicted molar refractivity (Wildman–Crippen MR) is 52.0 cm³/mol. The second-order valence-corrected chi connectivity index (χ2v) is 3.26. The van der Waals surface area contributed by atoms with Crippen LogP contribution in [0.4, 0.5) is 0 Å². The van der Waals surface area contributed by atoms with Crippen molar-refractivity contribution in [3.05, 3.63) is 12.7 Å². The van der Waals surface area contributed by atoms with Crippen LogP contribution in [-0.4, -0.2) is 48.4 Å². The lowest BCUT2D eigenvalue weighted by atomic mass is 10.3. The van der Waals surface area contributed by atoms with Crippen LogP contribution in [0.1, 0.15) is 13.3 Å². The second kappa shape index (κ2) is 9.99. The van der Waals surface area contributed by atoms with Crippen molar-refractivity contribution in [2.24, 2.45) is 0 Å². The molecule has 1 atom stereocenters. The van der Waals surface area contributed by atoms with Crippen molar-refractivity contribution in [3.8, 4) is 0 Å². The van der Waals surface area contributed by atoms with E-state index in [9.17, 15) is 0 Å². The Bertz CT molecular complexity index is 114. The monoisotopic (exact) mass is 211 g/mol. The molecule has 0 aliphatic carbocycles. The minimum Gasteiger partial charge on any atom is -1.00 e. The number of aliphatic hydroxyl groups excluding tert-OH is 1. The van der Waals surface area contributed by atoms with Crippen molar-refractivity contribution in [2.45, 2.75) is 13.3 Å². The molecule has 0 saturated heterocycles. The molecular weight excluding hydrogens is 190 g/mol. The molecular formula is C9H22ClNO2. The topological polar surface area (TPSA) is 51.7 Å². The van der Waals surface area contributed by atoms with Crippen molar-refractivity contribution in [2.75, 3.05) is 33.3 Å². The molecule has 3 nitrogen and oxygen atoms in total. The molecule has 0 saturated carbocycles. The molecule has 0 aromatic heterocycles. The van der Waals surface area contributed by atoms with E-state index in [0.29, 0.717) is 0 Å². The quantitative estimate of drug-likeness (QED) is 0.375. The van der Waals surface area contributed by atoms with Crippen molar-refractivity contribution >= 4 is 0 Å². The number of aliphatic hydroxyl groups is 1. The lowest BCUT2D eigenvalue weighted by Gasteiger charge is -2.32. The van der Waals surface area contributed by atoms with Crippen molar-refractivity contribution in [3.63, 3.8) is 0 Å². The highest BCUT2D eigenvalue weighted by molar-refractivity contribution is 4.65. The van der Waals surface area contributed by atoms with Gasteiger partial charge in [0.15, 0.2) is 0 Å². The highest BCUT2D eigenvalue weighted by Crippen LogP contribution is 2.02. The molecule has 3 N–H and O–H groups in total. The normalized spacial score (nSPS) is 13.5. The highest BCUT2D eigenvalue weighted by Gasteiger charge is 2.16. The third-order valence-electron chi connectivity index (χ3n) is 1.97. The van der Waals surface area contributed by atoms with Crippen LogP contribution in [0.25, 0.3) is 0 Å². The van der Waals surface area contributed by atoms with E-state index < -0.39 is 0 Å². The van der Waals surface area contributed by atoms with Crippen LogP contribution >= 0.6 is 0 Å². The summed E-state index contributed by atoms with van der Waals surface area (Å²) in [6, 6.07) is 0. The molecule has 0 amide bonds. The molecule has 4 heteroatoms. The Kier molecular flexibility index (Phi) is 14.3. The van der Waals surface area contributed by atoms with E-state index in [4.69, 9.17) is 5.11 Å². The van der Waals surface area contributed by atoms with E-state index in [1.54, 1.807) is 0 Å². The largest absolute Gasteiger partial charge is 1.00 e. The zero-order chi connectivity index (χ0) is 8.74. The molecule has 0 aromatic carbocycles. The molecule has 0 spiro atoms. The van der Waals surface area contributed by atoms with Gasteiger partial charge in [-0.15, -0.1) is 0 Å². The summed E-state index contributed by atoms with van der Waals surface area (Å²) in [7, 11) is 2.15. The second-order valence-electron chi connectivity index (χ2n) is 3.26. The number of hydrogen-bond donors (Lipinski definition) is 1. The number of hydrogen-bond acceptors (Lipinski definition) is 1. The molecule has 0 aromatic rings. The maximum absolute atomic E-state index is 8.81. The van der Waals surface area contributed by atoms with Gasteiger partial charge < -0.3 is 27.5 Å². The summed E-state index contributed by atoms with van der Waals surface area (Å²) in [5, 5.41) is 8.81. The summed E-state index contributed by atoms with van der Waals surface area (Å²) in [6.45, 7) is 9.05. The summed E-state index contributed by atoms with van der Waals surface area (Å²) in [6.07, 6.45) is 3.08. The van der Waals surface area contributed by atoms with Crippen molar-refractivity contribution < 1.29 is 27.5 Å². The van der Waals surface area contributed by atoms with E-state index in [-0.39, 0.29) is 24.5 Å². The maximum atomic E-state index is 8.81. The minimum atomic E-state index is 0. The first-order valence-corrected chi connectivity index (χ1v) is 4.24. The molecule has 0 rings (SSSR count). The van der Waals surface area contributed by atoms with Gasteiger partial charge in [0, 0.05) is 0 Å². The highest BCUT2D eigenvalue weighted by atomic mass is 35.5. The Morgan fingerprint density at radius 1 is 1.38 bits per heavy atom. The zero-order valence-corrected chi connectivity index (χ0v) is 9.35.